The van der Waals surface area contributed by atoms with Crippen molar-refractivity contribution in [1.29, 1.82) is 0 Å². The highest BCUT2D eigenvalue weighted by molar-refractivity contribution is 9.10. The van der Waals surface area contributed by atoms with Gasteiger partial charge in [-0.1, -0.05) is 29.8 Å². The molecule has 0 saturated carbocycles. The van der Waals surface area contributed by atoms with Gasteiger partial charge >= 0.3 is 0 Å². The van der Waals surface area contributed by atoms with Gasteiger partial charge < -0.3 is 0 Å². The maximum atomic E-state index is 6.09. The summed E-state index contributed by atoms with van der Waals surface area (Å²) in [6.45, 7) is 2.11. The molecule has 0 fully saturated rings. The van der Waals surface area contributed by atoms with Crippen LogP contribution in [0.25, 0.3) is 0 Å². The first-order chi connectivity index (χ1) is 9.17. The Balaban J connectivity index is 2.00. The highest BCUT2D eigenvalue weighted by Crippen LogP contribution is 2.17. The Morgan fingerprint density at radius 3 is 2.42 bits per heavy atom. The topological polar surface area (TPSA) is 12.9 Å². The van der Waals surface area contributed by atoms with Crippen LogP contribution in [-0.4, -0.2) is 10.9 Å². The average Bonchev–Trinajstić information content (AvgIpc) is 2.43. The second-order valence-corrected chi connectivity index (χ2v) is 6.11. The molecule has 0 N–H and O–H groups in total. The Morgan fingerprint density at radius 2 is 1.84 bits per heavy atom. The molecule has 2 aromatic rings. The molecule has 0 spiro atoms. The van der Waals surface area contributed by atoms with Gasteiger partial charge in [0.1, 0.15) is 0 Å². The molecule has 1 nitrogen and oxygen atoms in total. The van der Waals surface area contributed by atoms with Gasteiger partial charge in [0.05, 0.1) is 0 Å². The van der Waals surface area contributed by atoms with E-state index in [0.717, 1.165) is 23.0 Å². The summed E-state index contributed by atoms with van der Waals surface area (Å²) < 4.78 is 1.01. The third-order valence-corrected chi connectivity index (χ3v) is 4.06. The molecule has 1 heterocycles. The zero-order chi connectivity index (χ0) is 13.7. The Hall–Kier alpha value is -0.860. The van der Waals surface area contributed by atoms with E-state index in [1.807, 2.05) is 12.3 Å². The van der Waals surface area contributed by atoms with Crippen LogP contribution in [0.15, 0.2) is 47.1 Å². The number of hydrogen-bond acceptors (Lipinski definition) is 1. The lowest BCUT2D eigenvalue weighted by atomic mass is 9.96. The fourth-order valence-corrected chi connectivity index (χ4v) is 2.51. The van der Waals surface area contributed by atoms with Crippen molar-refractivity contribution in [2.45, 2.75) is 19.8 Å². The first-order valence-electron chi connectivity index (χ1n) is 6.39. The first-order valence-corrected chi connectivity index (χ1v) is 7.72. The van der Waals surface area contributed by atoms with Crippen molar-refractivity contribution >= 4 is 27.5 Å². The van der Waals surface area contributed by atoms with E-state index >= 15 is 0 Å². The van der Waals surface area contributed by atoms with E-state index in [4.69, 9.17) is 11.6 Å². The summed E-state index contributed by atoms with van der Waals surface area (Å²) in [5, 5.41) is 0. The van der Waals surface area contributed by atoms with E-state index in [2.05, 4.69) is 58.2 Å². The molecule has 0 saturated heterocycles. The van der Waals surface area contributed by atoms with E-state index in [0.29, 0.717) is 11.8 Å². The van der Waals surface area contributed by atoms with Crippen LogP contribution in [0.4, 0.5) is 0 Å². The molecule has 1 aromatic carbocycles. The maximum Gasteiger partial charge on any atom is 0.0413 e. The Labute approximate surface area is 128 Å². The number of hydrogen-bond donors (Lipinski definition) is 0. The maximum absolute atomic E-state index is 6.09. The monoisotopic (exact) mass is 337 g/mol. The van der Waals surface area contributed by atoms with Crippen molar-refractivity contribution in [2.24, 2.45) is 5.92 Å². The molecule has 1 unspecified atom stereocenters. The summed E-state index contributed by atoms with van der Waals surface area (Å²) in [7, 11) is 0. The minimum Gasteiger partial charge on any atom is -0.260 e. The number of halogens is 2. The van der Waals surface area contributed by atoms with E-state index in [1.54, 1.807) is 0 Å². The van der Waals surface area contributed by atoms with Crippen LogP contribution < -0.4 is 0 Å². The minimum atomic E-state index is 0.429. The van der Waals surface area contributed by atoms with Gasteiger partial charge in [-0.25, -0.2) is 0 Å². The van der Waals surface area contributed by atoms with Crippen LogP contribution in [0.3, 0.4) is 0 Å². The molecule has 0 aliphatic heterocycles. The van der Waals surface area contributed by atoms with Crippen molar-refractivity contribution < 1.29 is 0 Å². The first kappa shape index (κ1) is 14.5. The largest absolute Gasteiger partial charge is 0.260 e. The summed E-state index contributed by atoms with van der Waals surface area (Å²) in [6, 6.07) is 12.8. The number of aryl methyl sites for hydroxylation is 1. The predicted molar refractivity (Wildman–Crippen MR) is 84.7 cm³/mol. The summed E-state index contributed by atoms with van der Waals surface area (Å²) in [4.78, 5) is 4.42. The number of benzene rings is 1. The van der Waals surface area contributed by atoms with Gasteiger partial charge in [0, 0.05) is 22.2 Å². The van der Waals surface area contributed by atoms with Gasteiger partial charge in [-0.3, -0.25) is 4.98 Å². The van der Waals surface area contributed by atoms with E-state index in [-0.39, 0.29) is 0 Å². The third-order valence-electron chi connectivity index (χ3n) is 3.15. The Kier molecular flexibility index (Phi) is 5.41. The standard InChI is InChI=1S/C16H17BrClN/c1-12-2-4-13(5-3-12)8-14(10-18)9-16-7-6-15(17)11-19-16/h2-7,11,14H,8-10H2,1H3. The lowest BCUT2D eigenvalue weighted by Crippen LogP contribution is -2.11. The second-order valence-electron chi connectivity index (χ2n) is 4.88. The Bertz CT molecular complexity index is 460. The number of alkyl halides is 1. The summed E-state index contributed by atoms with van der Waals surface area (Å²) >= 11 is 9.49. The predicted octanol–water partition coefficient (Wildman–Crippen LogP) is 4.79. The van der Waals surface area contributed by atoms with Crippen molar-refractivity contribution in [3.8, 4) is 0 Å². The van der Waals surface area contributed by atoms with Crippen LogP contribution in [0.1, 0.15) is 16.8 Å². The van der Waals surface area contributed by atoms with Gasteiger partial charge in [-0.15, -0.1) is 11.6 Å². The number of nitrogens with zero attached hydrogens (tertiary/aromatic N) is 1. The molecule has 3 heteroatoms. The molecular weight excluding hydrogens is 322 g/mol. The van der Waals surface area contributed by atoms with Gasteiger partial charge in [-0.2, -0.15) is 0 Å². The minimum absolute atomic E-state index is 0.429. The molecule has 1 atom stereocenters. The smallest absolute Gasteiger partial charge is 0.0413 e. The number of aromatic nitrogens is 1. The fraction of sp³-hybridized carbons (Fsp3) is 0.312. The lowest BCUT2D eigenvalue weighted by Gasteiger charge is -2.13. The van der Waals surface area contributed by atoms with Crippen molar-refractivity contribution in [3.63, 3.8) is 0 Å². The van der Waals surface area contributed by atoms with Gasteiger partial charge in [0.25, 0.3) is 0 Å². The van der Waals surface area contributed by atoms with Gasteiger partial charge in [-0.05, 0) is 59.3 Å². The molecule has 0 amide bonds. The van der Waals surface area contributed by atoms with Crippen LogP contribution >= 0.6 is 27.5 Å². The lowest BCUT2D eigenvalue weighted by molar-refractivity contribution is 0.575. The number of rotatable bonds is 5. The van der Waals surface area contributed by atoms with Crippen LogP contribution in [0.5, 0.6) is 0 Å². The fourth-order valence-electron chi connectivity index (χ4n) is 2.06. The van der Waals surface area contributed by atoms with Crippen molar-refractivity contribution in [3.05, 3.63) is 63.9 Å². The SMILES string of the molecule is Cc1ccc(CC(CCl)Cc2ccc(Br)cn2)cc1. The van der Waals surface area contributed by atoms with Crippen molar-refractivity contribution in [1.82, 2.24) is 4.98 Å². The zero-order valence-electron chi connectivity index (χ0n) is 10.9. The normalized spacial score (nSPS) is 12.4. The Morgan fingerprint density at radius 1 is 1.11 bits per heavy atom. The molecule has 0 radical (unpaired) electrons. The molecule has 0 aliphatic rings. The quantitative estimate of drug-likeness (QED) is 0.714. The zero-order valence-corrected chi connectivity index (χ0v) is 13.3. The second kappa shape index (κ2) is 7.06. The molecule has 0 aliphatic carbocycles. The van der Waals surface area contributed by atoms with Gasteiger partial charge in [0.15, 0.2) is 0 Å². The molecular formula is C16H17BrClN. The molecule has 0 bridgehead atoms. The van der Waals surface area contributed by atoms with E-state index < -0.39 is 0 Å². The summed E-state index contributed by atoms with van der Waals surface area (Å²) in [5.41, 5.74) is 3.73. The molecule has 100 valence electrons. The summed E-state index contributed by atoms with van der Waals surface area (Å²) in [5.74, 6) is 1.09. The highest BCUT2D eigenvalue weighted by Gasteiger charge is 2.10. The van der Waals surface area contributed by atoms with Crippen LogP contribution in [0.2, 0.25) is 0 Å². The van der Waals surface area contributed by atoms with Gasteiger partial charge in [0.2, 0.25) is 0 Å². The van der Waals surface area contributed by atoms with E-state index in [9.17, 15) is 0 Å². The average molecular weight is 339 g/mol. The molecule has 2 rings (SSSR count). The number of pyridine rings is 1. The third kappa shape index (κ3) is 4.63. The van der Waals surface area contributed by atoms with Crippen LogP contribution in [-0.2, 0) is 12.8 Å². The molecule has 1 aromatic heterocycles. The van der Waals surface area contributed by atoms with Crippen molar-refractivity contribution in [2.75, 3.05) is 5.88 Å². The molecule has 19 heavy (non-hydrogen) atoms. The van der Waals surface area contributed by atoms with E-state index in [1.165, 1.54) is 11.1 Å². The highest BCUT2D eigenvalue weighted by atomic mass is 79.9. The van der Waals surface area contributed by atoms with Crippen LogP contribution in [0, 0.1) is 12.8 Å². The summed E-state index contributed by atoms with van der Waals surface area (Å²) in [6.07, 6.45) is 3.76.